The van der Waals surface area contributed by atoms with E-state index >= 15 is 0 Å². The molecular weight excluding hydrogens is 188 g/mol. The van der Waals surface area contributed by atoms with E-state index in [0.717, 1.165) is 38.8 Å². The SMILES string of the molecule is CCC(CC)(CC)NC(=O)C1CCNC1. The van der Waals surface area contributed by atoms with Crippen molar-refractivity contribution in [2.24, 2.45) is 5.92 Å². The van der Waals surface area contributed by atoms with Gasteiger partial charge in [0.2, 0.25) is 5.91 Å². The standard InChI is InChI=1S/C12H24N2O/c1-4-12(5-2,6-3)14-11(15)10-7-8-13-9-10/h10,13H,4-9H2,1-3H3,(H,14,15). The van der Waals surface area contributed by atoms with Gasteiger partial charge in [0.15, 0.2) is 0 Å². The molecule has 1 atom stereocenters. The maximum absolute atomic E-state index is 12.0. The average Bonchev–Trinajstić information content (AvgIpc) is 2.79. The Bertz CT molecular complexity index is 197. The highest BCUT2D eigenvalue weighted by molar-refractivity contribution is 5.80. The van der Waals surface area contributed by atoms with Crippen LogP contribution in [0.4, 0.5) is 0 Å². The first-order chi connectivity index (χ1) is 7.17. The molecular formula is C12H24N2O. The van der Waals surface area contributed by atoms with Gasteiger partial charge in [-0.3, -0.25) is 4.79 Å². The minimum atomic E-state index is 0.0275. The summed E-state index contributed by atoms with van der Waals surface area (Å²) in [7, 11) is 0. The Morgan fingerprint density at radius 2 is 1.93 bits per heavy atom. The number of hydrogen-bond acceptors (Lipinski definition) is 2. The van der Waals surface area contributed by atoms with Gasteiger partial charge in [-0.25, -0.2) is 0 Å². The third-order valence-corrected chi connectivity index (χ3v) is 3.85. The molecule has 88 valence electrons. The summed E-state index contributed by atoms with van der Waals surface area (Å²) in [5.74, 6) is 0.430. The molecule has 1 amide bonds. The zero-order valence-corrected chi connectivity index (χ0v) is 10.2. The molecule has 1 saturated heterocycles. The fourth-order valence-electron chi connectivity index (χ4n) is 2.26. The normalized spacial score (nSPS) is 21.7. The van der Waals surface area contributed by atoms with Crippen LogP contribution in [0.5, 0.6) is 0 Å². The zero-order valence-electron chi connectivity index (χ0n) is 10.2. The van der Waals surface area contributed by atoms with Crippen molar-refractivity contribution in [3.05, 3.63) is 0 Å². The van der Waals surface area contributed by atoms with Gasteiger partial charge in [0.1, 0.15) is 0 Å². The van der Waals surface area contributed by atoms with E-state index in [2.05, 4.69) is 31.4 Å². The Labute approximate surface area is 93.0 Å². The molecule has 0 aromatic rings. The molecule has 3 nitrogen and oxygen atoms in total. The van der Waals surface area contributed by atoms with Crippen LogP contribution in [0, 0.1) is 5.92 Å². The van der Waals surface area contributed by atoms with Gasteiger partial charge >= 0.3 is 0 Å². The van der Waals surface area contributed by atoms with Crippen LogP contribution in [-0.4, -0.2) is 24.5 Å². The summed E-state index contributed by atoms with van der Waals surface area (Å²) in [4.78, 5) is 12.0. The minimum absolute atomic E-state index is 0.0275. The van der Waals surface area contributed by atoms with Crippen LogP contribution in [-0.2, 0) is 4.79 Å². The largest absolute Gasteiger partial charge is 0.350 e. The molecule has 0 spiro atoms. The van der Waals surface area contributed by atoms with E-state index in [-0.39, 0.29) is 17.4 Å². The van der Waals surface area contributed by atoms with Gasteiger partial charge in [0, 0.05) is 12.1 Å². The summed E-state index contributed by atoms with van der Waals surface area (Å²) in [6, 6.07) is 0. The maximum Gasteiger partial charge on any atom is 0.224 e. The summed E-state index contributed by atoms with van der Waals surface area (Å²) in [5, 5.41) is 6.47. The lowest BCUT2D eigenvalue weighted by molar-refractivity contribution is -0.126. The molecule has 0 aliphatic carbocycles. The van der Waals surface area contributed by atoms with Gasteiger partial charge in [-0.2, -0.15) is 0 Å². The molecule has 1 unspecified atom stereocenters. The molecule has 1 aliphatic rings. The average molecular weight is 212 g/mol. The van der Waals surface area contributed by atoms with E-state index < -0.39 is 0 Å². The molecule has 1 fully saturated rings. The summed E-state index contributed by atoms with van der Waals surface area (Å²) in [6.07, 6.45) is 4.04. The van der Waals surface area contributed by atoms with Crippen molar-refractivity contribution in [3.8, 4) is 0 Å². The lowest BCUT2D eigenvalue weighted by atomic mass is 9.89. The fourth-order valence-corrected chi connectivity index (χ4v) is 2.26. The smallest absolute Gasteiger partial charge is 0.224 e. The van der Waals surface area contributed by atoms with Crippen LogP contribution in [0.3, 0.4) is 0 Å². The molecule has 1 rings (SSSR count). The van der Waals surface area contributed by atoms with Crippen molar-refractivity contribution in [3.63, 3.8) is 0 Å². The minimum Gasteiger partial charge on any atom is -0.350 e. The van der Waals surface area contributed by atoms with Crippen molar-refractivity contribution in [1.29, 1.82) is 0 Å². The Balaban J connectivity index is 2.53. The van der Waals surface area contributed by atoms with Gasteiger partial charge in [-0.05, 0) is 32.2 Å². The van der Waals surface area contributed by atoms with Crippen LogP contribution >= 0.6 is 0 Å². The maximum atomic E-state index is 12.0. The third kappa shape index (κ3) is 2.94. The highest BCUT2D eigenvalue weighted by Crippen LogP contribution is 2.20. The van der Waals surface area contributed by atoms with E-state index in [9.17, 15) is 4.79 Å². The van der Waals surface area contributed by atoms with Crippen molar-refractivity contribution in [2.45, 2.75) is 52.0 Å². The lowest BCUT2D eigenvalue weighted by Gasteiger charge is -2.32. The highest BCUT2D eigenvalue weighted by Gasteiger charge is 2.30. The summed E-state index contributed by atoms with van der Waals surface area (Å²) < 4.78 is 0. The van der Waals surface area contributed by atoms with Gasteiger partial charge in [-0.1, -0.05) is 20.8 Å². The summed E-state index contributed by atoms with van der Waals surface area (Å²) >= 11 is 0. The van der Waals surface area contributed by atoms with E-state index in [4.69, 9.17) is 0 Å². The Morgan fingerprint density at radius 3 is 2.33 bits per heavy atom. The van der Waals surface area contributed by atoms with Crippen molar-refractivity contribution in [2.75, 3.05) is 13.1 Å². The second kappa shape index (κ2) is 5.50. The monoisotopic (exact) mass is 212 g/mol. The Kier molecular flexibility index (Phi) is 4.58. The molecule has 1 heterocycles. The van der Waals surface area contributed by atoms with E-state index in [1.54, 1.807) is 0 Å². The first-order valence-corrected chi connectivity index (χ1v) is 6.20. The van der Waals surface area contributed by atoms with Gasteiger partial charge < -0.3 is 10.6 Å². The summed E-state index contributed by atoms with van der Waals surface area (Å²) in [6.45, 7) is 8.29. The molecule has 1 aliphatic heterocycles. The molecule has 0 bridgehead atoms. The molecule has 0 saturated carbocycles. The van der Waals surface area contributed by atoms with Gasteiger partial charge in [-0.15, -0.1) is 0 Å². The molecule has 0 radical (unpaired) electrons. The first kappa shape index (κ1) is 12.5. The van der Waals surface area contributed by atoms with Crippen LogP contribution in [0.15, 0.2) is 0 Å². The number of amides is 1. The van der Waals surface area contributed by atoms with Crippen LogP contribution in [0.25, 0.3) is 0 Å². The number of carbonyl (C=O) groups is 1. The lowest BCUT2D eigenvalue weighted by Crippen LogP contribution is -2.49. The molecule has 2 N–H and O–H groups in total. The van der Waals surface area contributed by atoms with Gasteiger partial charge in [0.25, 0.3) is 0 Å². The van der Waals surface area contributed by atoms with Crippen LogP contribution in [0.2, 0.25) is 0 Å². The second-order valence-electron chi connectivity index (χ2n) is 4.52. The first-order valence-electron chi connectivity index (χ1n) is 6.20. The molecule has 15 heavy (non-hydrogen) atoms. The van der Waals surface area contributed by atoms with Crippen LogP contribution < -0.4 is 10.6 Å². The number of nitrogens with one attached hydrogen (secondary N) is 2. The summed E-state index contributed by atoms with van der Waals surface area (Å²) in [5.41, 5.74) is 0.0275. The Hall–Kier alpha value is -0.570. The topological polar surface area (TPSA) is 41.1 Å². The van der Waals surface area contributed by atoms with E-state index in [1.165, 1.54) is 0 Å². The number of rotatable bonds is 5. The van der Waals surface area contributed by atoms with Crippen LogP contribution in [0.1, 0.15) is 46.5 Å². The van der Waals surface area contributed by atoms with Crippen molar-refractivity contribution < 1.29 is 4.79 Å². The van der Waals surface area contributed by atoms with E-state index in [1.807, 2.05) is 0 Å². The zero-order chi connectivity index (χ0) is 11.3. The predicted molar refractivity (Wildman–Crippen MR) is 62.7 cm³/mol. The quantitative estimate of drug-likeness (QED) is 0.728. The molecule has 0 aromatic heterocycles. The second-order valence-corrected chi connectivity index (χ2v) is 4.52. The van der Waals surface area contributed by atoms with Crippen molar-refractivity contribution in [1.82, 2.24) is 10.6 Å². The fraction of sp³-hybridized carbons (Fsp3) is 0.917. The Morgan fingerprint density at radius 1 is 1.33 bits per heavy atom. The highest BCUT2D eigenvalue weighted by atomic mass is 16.2. The van der Waals surface area contributed by atoms with E-state index in [0.29, 0.717) is 0 Å². The van der Waals surface area contributed by atoms with Gasteiger partial charge in [0.05, 0.1) is 5.92 Å². The third-order valence-electron chi connectivity index (χ3n) is 3.85. The molecule has 3 heteroatoms. The molecule has 0 aromatic carbocycles. The number of hydrogen-bond donors (Lipinski definition) is 2. The van der Waals surface area contributed by atoms with Crippen molar-refractivity contribution >= 4 is 5.91 Å². The predicted octanol–water partition coefficient (Wildman–Crippen LogP) is 1.68. The number of carbonyl (C=O) groups excluding carboxylic acids is 1.